The summed E-state index contributed by atoms with van der Waals surface area (Å²) in [5, 5.41) is 9.43. The summed E-state index contributed by atoms with van der Waals surface area (Å²) >= 11 is 0. The third-order valence-electron chi connectivity index (χ3n) is 2.94. The average Bonchev–Trinajstić information content (AvgIpc) is 2.28. The molecule has 0 aliphatic carbocycles. The predicted octanol–water partition coefficient (Wildman–Crippen LogP) is 1.35. The third-order valence-corrected chi connectivity index (χ3v) is 2.94. The highest BCUT2D eigenvalue weighted by molar-refractivity contribution is 6.61. The van der Waals surface area contributed by atoms with E-state index in [1.165, 1.54) is 0 Å². The zero-order valence-electron chi connectivity index (χ0n) is 10.4. The lowest BCUT2D eigenvalue weighted by Gasteiger charge is -2.33. The molecule has 3 unspecified atom stereocenters. The van der Waals surface area contributed by atoms with E-state index in [0.717, 1.165) is 11.9 Å². The van der Waals surface area contributed by atoms with Crippen molar-refractivity contribution in [3.05, 3.63) is 30.3 Å². The van der Waals surface area contributed by atoms with Crippen molar-refractivity contribution in [2.24, 2.45) is 0 Å². The second-order valence-electron chi connectivity index (χ2n) is 4.77. The van der Waals surface area contributed by atoms with Gasteiger partial charge < -0.3 is 14.4 Å². The summed E-state index contributed by atoms with van der Waals surface area (Å²) in [4.78, 5) is 0. The number of hydrogen-bond donors (Lipinski definition) is 1. The van der Waals surface area contributed by atoms with Gasteiger partial charge in [-0.3, -0.25) is 0 Å². The highest BCUT2D eigenvalue weighted by Gasteiger charge is 2.33. The molecule has 0 radical (unpaired) electrons. The van der Waals surface area contributed by atoms with E-state index in [4.69, 9.17) is 9.31 Å². The molecule has 3 nitrogen and oxygen atoms in total. The number of benzene rings is 1. The van der Waals surface area contributed by atoms with Crippen molar-refractivity contribution in [2.45, 2.75) is 45.0 Å². The molecule has 2 rings (SSSR count). The minimum absolute atomic E-state index is 0.0731. The van der Waals surface area contributed by atoms with Crippen LogP contribution in [0.4, 0.5) is 0 Å². The maximum atomic E-state index is 9.43. The highest BCUT2D eigenvalue weighted by Crippen LogP contribution is 2.19. The summed E-state index contributed by atoms with van der Waals surface area (Å²) in [5.74, 6) is 0. The Kier molecular flexibility index (Phi) is 4.21. The molecule has 4 heteroatoms. The van der Waals surface area contributed by atoms with E-state index in [9.17, 15) is 5.11 Å². The van der Waals surface area contributed by atoms with Crippen molar-refractivity contribution < 1.29 is 14.4 Å². The second-order valence-corrected chi connectivity index (χ2v) is 4.77. The molecule has 1 aromatic rings. The van der Waals surface area contributed by atoms with Crippen molar-refractivity contribution >= 4 is 12.6 Å². The van der Waals surface area contributed by atoms with Gasteiger partial charge in [-0.25, -0.2) is 0 Å². The highest BCUT2D eigenvalue weighted by atomic mass is 16.6. The first kappa shape index (κ1) is 12.6. The number of aliphatic hydroxyl groups excluding tert-OH is 1. The van der Waals surface area contributed by atoms with Crippen LogP contribution in [-0.4, -0.2) is 30.5 Å². The van der Waals surface area contributed by atoms with Gasteiger partial charge in [0, 0.05) is 12.2 Å². The molecule has 1 aromatic carbocycles. The van der Waals surface area contributed by atoms with Gasteiger partial charge in [-0.05, 0) is 32.2 Å². The van der Waals surface area contributed by atoms with Crippen molar-refractivity contribution in [2.75, 3.05) is 0 Å². The molecule has 1 N–H and O–H groups in total. The van der Waals surface area contributed by atoms with Crippen LogP contribution >= 0.6 is 0 Å². The van der Waals surface area contributed by atoms with E-state index in [2.05, 4.69) is 0 Å². The standard InChI is InChI=1S/C13H19BO3/c1-10(15)8-13-9-11(2)16-14(17-13)12-6-4-3-5-7-12/h3-7,10-11,13,15H,8-9H2,1-2H3. The Hall–Kier alpha value is -0.835. The van der Waals surface area contributed by atoms with E-state index < -0.39 is 0 Å². The zero-order valence-corrected chi connectivity index (χ0v) is 10.4. The minimum Gasteiger partial charge on any atom is -0.405 e. The first-order chi connectivity index (χ1) is 8.15. The molecule has 0 amide bonds. The van der Waals surface area contributed by atoms with E-state index in [-0.39, 0.29) is 25.4 Å². The van der Waals surface area contributed by atoms with E-state index >= 15 is 0 Å². The Labute approximate surface area is 103 Å². The Morgan fingerprint density at radius 1 is 1.35 bits per heavy atom. The quantitative estimate of drug-likeness (QED) is 0.802. The molecule has 0 bridgehead atoms. The maximum absolute atomic E-state index is 9.43. The van der Waals surface area contributed by atoms with Gasteiger partial charge in [-0.2, -0.15) is 0 Å². The monoisotopic (exact) mass is 234 g/mol. The molecule has 0 aromatic heterocycles. The first-order valence-electron chi connectivity index (χ1n) is 6.19. The van der Waals surface area contributed by atoms with Crippen LogP contribution in [0.5, 0.6) is 0 Å². The molecule has 1 aliphatic heterocycles. The third kappa shape index (κ3) is 3.56. The molecular weight excluding hydrogens is 215 g/mol. The zero-order chi connectivity index (χ0) is 12.3. The van der Waals surface area contributed by atoms with Gasteiger partial charge in [0.1, 0.15) is 0 Å². The molecule has 1 fully saturated rings. The molecule has 92 valence electrons. The molecular formula is C13H19BO3. The minimum atomic E-state index is -0.332. The molecule has 0 spiro atoms. The Bertz CT molecular complexity index is 340. The summed E-state index contributed by atoms with van der Waals surface area (Å²) in [6.45, 7) is 3.84. The largest absolute Gasteiger partial charge is 0.494 e. The van der Waals surface area contributed by atoms with Gasteiger partial charge >= 0.3 is 7.12 Å². The smallest absolute Gasteiger partial charge is 0.405 e. The Balaban J connectivity index is 2.03. The topological polar surface area (TPSA) is 38.7 Å². The fourth-order valence-electron chi connectivity index (χ4n) is 2.20. The summed E-state index contributed by atoms with van der Waals surface area (Å²) in [6.07, 6.45) is 1.41. The number of aliphatic hydroxyl groups is 1. The average molecular weight is 234 g/mol. The van der Waals surface area contributed by atoms with E-state index in [1.807, 2.05) is 37.3 Å². The van der Waals surface area contributed by atoms with Crippen LogP contribution in [0.25, 0.3) is 0 Å². The van der Waals surface area contributed by atoms with Crippen molar-refractivity contribution in [3.63, 3.8) is 0 Å². The molecule has 1 saturated heterocycles. The fourth-order valence-corrected chi connectivity index (χ4v) is 2.20. The van der Waals surface area contributed by atoms with Crippen LogP contribution in [0, 0.1) is 0 Å². The summed E-state index contributed by atoms with van der Waals surface area (Å²) in [7, 11) is -0.302. The van der Waals surface area contributed by atoms with E-state index in [1.54, 1.807) is 6.92 Å². The van der Waals surface area contributed by atoms with Crippen LogP contribution in [0.2, 0.25) is 0 Å². The van der Waals surface area contributed by atoms with Gasteiger partial charge in [0.25, 0.3) is 0 Å². The summed E-state index contributed by atoms with van der Waals surface area (Å²) < 4.78 is 11.7. The van der Waals surface area contributed by atoms with Gasteiger partial charge in [0.2, 0.25) is 0 Å². The van der Waals surface area contributed by atoms with Crippen molar-refractivity contribution in [1.29, 1.82) is 0 Å². The Morgan fingerprint density at radius 2 is 2.06 bits per heavy atom. The van der Waals surface area contributed by atoms with E-state index in [0.29, 0.717) is 6.42 Å². The lowest BCUT2D eigenvalue weighted by Crippen LogP contribution is -2.48. The molecule has 1 aliphatic rings. The fraction of sp³-hybridized carbons (Fsp3) is 0.538. The lowest BCUT2D eigenvalue weighted by atomic mass is 9.76. The summed E-state index contributed by atoms with van der Waals surface area (Å²) in [6, 6.07) is 9.93. The molecule has 3 atom stereocenters. The SMILES string of the molecule is CC(O)CC1CC(C)OB(c2ccccc2)O1. The van der Waals surface area contributed by atoms with Crippen LogP contribution in [0.15, 0.2) is 30.3 Å². The van der Waals surface area contributed by atoms with Gasteiger partial charge in [0.15, 0.2) is 0 Å². The van der Waals surface area contributed by atoms with Crippen LogP contribution in [0.1, 0.15) is 26.7 Å². The number of hydrogen-bond acceptors (Lipinski definition) is 3. The van der Waals surface area contributed by atoms with Crippen LogP contribution in [0.3, 0.4) is 0 Å². The normalized spacial score (nSPS) is 26.9. The summed E-state index contributed by atoms with van der Waals surface area (Å²) in [5.41, 5.74) is 1.04. The number of rotatable bonds is 3. The second kappa shape index (κ2) is 5.67. The van der Waals surface area contributed by atoms with Crippen molar-refractivity contribution in [3.8, 4) is 0 Å². The Morgan fingerprint density at radius 3 is 2.71 bits per heavy atom. The molecule has 17 heavy (non-hydrogen) atoms. The predicted molar refractivity (Wildman–Crippen MR) is 68.2 cm³/mol. The molecule has 1 heterocycles. The first-order valence-corrected chi connectivity index (χ1v) is 6.19. The maximum Gasteiger partial charge on any atom is 0.494 e. The van der Waals surface area contributed by atoms with Gasteiger partial charge in [-0.15, -0.1) is 0 Å². The molecule has 0 saturated carbocycles. The lowest BCUT2D eigenvalue weighted by molar-refractivity contribution is 0.00706. The van der Waals surface area contributed by atoms with Crippen molar-refractivity contribution in [1.82, 2.24) is 0 Å². The van der Waals surface area contributed by atoms with Gasteiger partial charge in [0.05, 0.1) is 6.10 Å². The van der Waals surface area contributed by atoms with Crippen LogP contribution in [-0.2, 0) is 9.31 Å². The van der Waals surface area contributed by atoms with Crippen LogP contribution < -0.4 is 5.46 Å². The van der Waals surface area contributed by atoms with Gasteiger partial charge in [-0.1, -0.05) is 30.3 Å².